The molecular weight excluding hydrogens is 541 g/mol. The molecule has 1 atom stereocenters. The molecule has 1 saturated carbocycles. The fraction of sp³-hybridized carbons (Fsp3) is 0.387. The van der Waals surface area contributed by atoms with E-state index in [1.165, 1.54) is 23.8 Å². The van der Waals surface area contributed by atoms with Gasteiger partial charge in [-0.15, -0.1) is 0 Å². The topological polar surface area (TPSA) is 127 Å². The highest BCUT2D eigenvalue weighted by Crippen LogP contribution is 2.52. The molecule has 2 aromatic carbocycles. The van der Waals surface area contributed by atoms with E-state index in [0.29, 0.717) is 39.9 Å². The summed E-state index contributed by atoms with van der Waals surface area (Å²) in [6.45, 7) is 5.65. The Morgan fingerprint density at radius 3 is 2.68 bits per heavy atom. The first-order valence-electron chi connectivity index (χ1n) is 14.2. The van der Waals surface area contributed by atoms with E-state index in [9.17, 15) is 4.79 Å². The Labute approximate surface area is 244 Å². The predicted molar refractivity (Wildman–Crippen MR) is 164 cm³/mol. The number of nitrogens with two attached hydrogens (primary N) is 2. The van der Waals surface area contributed by atoms with Crippen LogP contribution in [0.2, 0.25) is 5.02 Å². The van der Waals surface area contributed by atoms with Crippen LogP contribution in [0.5, 0.6) is 0 Å². The number of aromatic amines is 1. The molecule has 2 heterocycles. The summed E-state index contributed by atoms with van der Waals surface area (Å²) in [4.78, 5) is 24.3. The number of guanidine groups is 1. The highest BCUT2D eigenvalue weighted by atomic mass is 35.5. The maximum atomic E-state index is 15.2. The van der Waals surface area contributed by atoms with Gasteiger partial charge in [-0.3, -0.25) is 9.56 Å². The first kappa shape index (κ1) is 28.8. The van der Waals surface area contributed by atoms with Crippen LogP contribution in [-0.2, 0) is 6.42 Å². The Morgan fingerprint density at radius 2 is 2.00 bits per heavy atom. The normalized spacial score (nSPS) is 14.7. The smallest absolute Gasteiger partial charge is 0.354 e. The lowest BCUT2D eigenvalue weighted by Crippen LogP contribution is -2.24. The van der Waals surface area contributed by atoms with Crippen molar-refractivity contribution in [1.29, 1.82) is 0 Å². The van der Waals surface area contributed by atoms with Crippen molar-refractivity contribution >= 4 is 28.6 Å². The predicted octanol–water partition coefficient (Wildman–Crippen LogP) is 5.61. The standard InChI is InChI=1S/C31H37ClFN7O/c1-3-31(11-12-31)10-9-20-15-24(27(33)25(32)16-20)26-17-22-18-40(30(41)39-28(22)38-26)23-7-5-21(6-8-23)19(2)36-13-4-14-37-29(34)35/h5-8,15-19,36H,3-4,9-14H2,1-2H3,(H4,34,35,37)(H,38,39,41)/t19-/m0/s1. The molecule has 0 amide bonds. The van der Waals surface area contributed by atoms with E-state index in [1.54, 1.807) is 12.3 Å². The lowest BCUT2D eigenvalue weighted by Gasteiger charge is -2.15. The van der Waals surface area contributed by atoms with Crippen LogP contribution in [0, 0.1) is 11.2 Å². The zero-order chi connectivity index (χ0) is 29.1. The van der Waals surface area contributed by atoms with Gasteiger partial charge in [0.2, 0.25) is 0 Å². The lowest BCUT2D eigenvalue weighted by molar-refractivity contribution is 0.450. The first-order chi connectivity index (χ1) is 19.7. The highest BCUT2D eigenvalue weighted by molar-refractivity contribution is 6.31. The number of hydrogen-bond donors (Lipinski definition) is 4. The van der Waals surface area contributed by atoms with Crippen molar-refractivity contribution in [3.05, 3.63) is 81.1 Å². The fourth-order valence-corrected chi connectivity index (χ4v) is 5.57. The molecule has 2 aromatic heterocycles. The molecule has 0 aliphatic heterocycles. The summed E-state index contributed by atoms with van der Waals surface area (Å²) in [6.07, 6.45) is 8.17. The Hall–Kier alpha value is -3.69. The van der Waals surface area contributed by atoms with E-state index in [4.69, 9.17) is 23.1 Å². The zero-order valence-corrected chi connectivity index (χ0v) is 24.3. The quantitative estimate of drug-likeness (QED) is 0.0988. The van der Waals surface area contributed by atoms with Gasteiger partial charge in [-0.25, -0.2) is 9.18 Å². The molecule has 216 valence electrons. The van der Waals surface area contributed by atoms with Gasteiger partial charge in [0.25, 0.3) is 0 Å². The molecule has 1 aliphatic carbocycles. The maximum absolute atomic E-state index is 15.2. The summed E-state index contributed by atoms with van der Waals surface area (Å²) in [5, 5.41) is 4.24. The average molecular weight is 578 g/mol. The van der Waals surface area contributed by atoms with Gasteiger partial charge < -0.3 is 21.8 Å². The van der Waals surface area contributed by atoms with Crippen LogP contribution in [0.1, 0.15) is 63.1 Å². The molecule has 10 heteroatoms. The van der Waals surface area contributed by atoms with Gasteiger partial charge in [-0.1, -0.05) is 37.1 Å². The first-order valence-corrected chi connectivity index (χ1v) is 14.6. The summed E-state index contributed by atoms with van der Waals surface area (Å²) < 4.78 is 16.7. The Morgan fingerprint density at radius 1 is 1.24 bits per heavy atom. The zero-order valence-electron chi connectivity index (χ0n) is 23.5. The number of rotatable bonds is 12. The van der Waals surface area contributed by atoms with Crippen LogP contribution in [0.15, 0.2) is 58.4 Å². The van der Waals surface area contributed by atoms with Crippen molar-refractivity contribution in [2.24, 2.45) is 21.9 Å². The van der Waals surface area contributed by atoms with E-state index in [2.05, 4.69) is 34.1 Å². The average Bonchev–Trinajstić information content (AvgIpc) is 3.63. The molecular formula is C31H37ClFN7O. The molecule has 0 radical (unpaired) electrons. The summed E-state index contributed by atoms with van der Waals surface area (Å²) in [5.74, 6) is -0.384. The number of aliphatic imine (C=N–C) groups is 1. The molecule has 0 saturated heterocycles. The van der Waals surface area contributed by atoms with Crippen molar-refractivity contribution < 1.29 is 4.39 Å². The van der Waals surface area contributed by atoms with E-state index < -0.39 is 11.5 Å². The maximum Gasteiger partial charge on any atom is 0.354 e. The largest absolute Gasteiger partial charge is 0.370 e. The van der Waals surface area contributed by atoms with Crippen molar-refractivity contribution in [2.75, 3.05) is 13.1 Å². The molecule has 1 fully saturated rings. The number of nitrogens with zero attached hydrogens (tertiary/aromatic N) is 3. The van der Waals surface area contributed by atoms with Crippen LogP contribution < -0.4 is 22.5 Å². The second kappa shape index (κ2) is 12.0. The number of aryl methyl sites for hydroxylation is 1. The van der Waals surface area contributed by atoms with E-state index in [-0.39, 0.29) is 17.0 Å². The van der Waals surface area contributed by atoms with Gasteiger partial charge in [0.15, 0.2) is 11.8 Å². The summed E-state index contributed by atoms with van der Waals surface area (Å²) in [5.41, 5.74) is 14.8. The van der Waals surface area contributed by atoms with Gasteiger partial charge in [0.05, 0.1) is 16.4 Å². The van der Waals surface area contributed by atoms with Gasteiger partial charge in [-0.05, 0) is 92.4 Å². The Balaban J connectivity index is 1.34. The Bertz CT molecular complexity index is 1620. The van der Waals surface area contributed by atoms with Crippen LogP contribution in [-0.4, -0.2) is 33.6 Å². The van der Waals surface area contributed by atoms with Crippen LogP contribution in [0.4, 0.5) is 4.39 Å². The van der Waals surface area contributed by atoms with Crippen molar-refractivity contribution in [3.8, 4) is 16.9 Å². The number of H-pyrrole nitrogens is 1. The fourth-order valence-electron chi connectivity index (χ4n) is 5.32. The molecule has 41 heavy (non-hydrogen) atoms. The van der Waals surface area contributed by atoms with E-state index >= 15 is 4.39 Å². The minimum Gasteiger partial charge on any atom is -0.370 e. The number of halogens is 2. The molecule has 0 unspecified atom stereocenters. The molecule has 0 spiro atoms. The SMILES string of the molecule is CCC1(CCc2cc(Cl)c(F)c(-c3cc4cn(-c5ccc([C@H](C)NCCCN=C(N)N)cc5)c(=O)nc4[nH]3)c2)CC1. The highest BCUT2D eigenvalue weighted by Gasteiger charge is 2.39. The summed E-state index contributed by atoms with van der Waals surface area (Å²) >= 11 is 6.31. The number of fused-ring (bicyclic) bond motifs is 1. The van der Waals surface area contributed by atoms with Crippen molar-refractivity contribution in [3.63, 3.8) is 0 Å². The monoisotopic (exact) mass is 577 g/mol. The molecule has 0 bridgehead atoms. The number of aromatic nitrogens is 3. The second-order valence-electron chi connectivity index (χ2n) is 11.1. The van der Waals surface area contributed by atoms with Gasteiger partial charge in [-0.2, -0.15) is 4.98 Å². The third kappa shape index (κ3) is 6.63. The molecule has 5 rings (SSSR count). The Kier molecular flexibility index (Phi) is 8.47. The summed E-state index contributed by atoms with van der Waals surface area (Å²) in [6, 6.07) is 13.3. The lowest BCUT2D eigenvalue weighted by atomic mass is 9.93. The molecule has 4 aromatic rings. The molecule has 6 N–H and O–H groups in total. The van der Waals surface area contributed by atoms with Crippen LogP contribution in [0.25, 0.3) is 28.0 Å². The number of nitrogens with one attached hydrogen (secondary N) is 2. The van der Waals surface area contributed by atoms with Gasteiger partial charge >= 0.3 is 5.69 Å². The minimum absolute atomic E-state index is 0.0993. The number of hydrogen-bond acceptors (Lipinski definition) is 4. The van der Waals surface area contributed by atoms with Crippen LogP contribution >= 0.6 is 11.6 Å². The minimum atomic E-state index is -0.483. The van der Waals surface area contributed by atoms with Crippen molar-refractivity contribution in [2.45, 2.75) is 58.4 Å². The number of benzene rings is 2. The third-order valence-corrected chi connectivity index (χ3v) is 8.56. The van der Waals surface area contributed by atoms with E-state index in [0.717, 1.165) is 36.9 Å². The third-order valence-electron chi connectivity index (χ3n) is 8.29. The van der Waals surface area contributed by atoms with Crippen LogP contribution in [0.3, 0.4) is 0 Å². The van der Waals surface area contributed by atoms with E-state index in [1.807, 2.05) is 36.4 Å². The second-order valence-corrected chi connectivity index (χ2v) is 11.5. The van der Waals surface area contributed by atoms with Gasteiger partial charge in [0, 0.05) is 29.7 Å². The molecule has 8 nitrogen and oxygen atoms in total. The van der Waals surface area contributed by atoms with Crippen molar-refractivity contribution in [1.82, 2.24) is 19.9 Å². The molecule has 1 aliphatic rings. The van der Waals surface area contributed by atoms with Gasteiger partial charge in [0.1, 0.15) is 5.65 Å². The summed E-state index contributed by atoms with van der Waals surface area (Å²) in [7, 11) is 0.